The minimum atomic E-state index is -2.58. The Kier molecular flexibility index (Phi) is 7.88. The summed E-state index contributed by atoms with van der Waals surface area (Å²) in [5.41, 5.74) is 3.29. The Labute approximate surface area is 237 Å². The maximum Gasteiger partial charge on any atom is 0.261 e. The number of pyridine rings is 1. The van der Waals surface area contributed by atoms with E-state index in [0.29, 0.717) is 23.3 Å². The maximum atomic E-state index is 13.5. The van der Waals surface area contributed by atoms with E-state index in [0.717, 1.165) is 17.8 Å². The lowest BCUT2D eigenvalue weighted by Crippen LogP contribution is -2.67. The van der Waals surface area contributed by atoms with Crippen LogP contribution >= 0.6 is 0 Å². The van der Waals surface area contributed by atoms with Gasteiger partial charge in [0.2, 0.25) is 0 Å². The summed E-state index contributed by atoms with van der Waals surface area (Å²) < 4.78 is 20.5. The second-order valence-electron chi connectivity index (χ2n) is 11.0. The molecule has 0 amide bonds. The standard InChI is InChI=1S/C34H34FN3OSi/c1-34(2,3)40(31-14-7-5-8-15-31,32-16-9-6-10-17-32)39-21-20-38(4)30-13-11-12-26(22-30)18-19-29-24-27-23-28(35)25-36-33(27)37-29/h5-17,22-25H,20-21H2,1-4H3,(H,36,37). The number of nitrogens with one attached hydrogen (secondary N) is 1. The lowest BCUT2D eigenvalue weighted by Gasteiger charge is -2.43. The van der Waals surface area contributed by atoms with Gasteiger partial charge in [-0.15, -0.1) is 0 Å². The zero-order valence-corrected chi connectivity index (χ0v) is 24.4. The predicted molar refractivity (Wildman–Crippen MR) is 165 cm³/mol. The molecule has 40 heavy (non-hydrogen) atoms. The molecule has 4 nitrogen and oxygen atoms in total. The normalized spacial score (nSPS) is 11.7. The molecule has 202 valence electrons. The molecule has 0 spiro atoms. The van der Waals surface area contributed by atoms with Crippen LogP contribution in [0.1, 0.15) is 32.0 Å². The van der Waals surface area contributed by atoms with Gasteiger partial charge in [0.1, 0.15) is 11.5 Å². The molecule has 0 saturated heterocycles. The van der Waals surface area contributed by atoms with Crippen LogP contribution in [-0.2, 0) is 4.43 Å². The van der Waals surface area contributed by atoms with Gasteiger partial charge in [0, 0.05) is 30.2 Å². The monoisotopic (exact) mass is 547 g/mol. The SMILES string of the molecule is CN(CCO[Si](c1ccccc1)(c1ccccc1)C(C)(C)C)c1cccc(C#Cc2cc3cc(F)cnc3[nH]2)c1. The average molecular weight is 548 g/mol. The van der Waals surface area contributed by atoms with E-state index in [4.69, 9.17) is 4.43 Å². The number of likely N-dealkylation sites (N-methyl/N-ethyl adjacent to an activating group) is 1. The molecule has 6 heteroatoms. The quantitative estimate of drug-likeness (QED) is 0.197. The third-order valence-corrected chi connectivity index (χ3v) is 12.3. The number of aromatic nitrogens is 2. The summed E-state index contributed by atoms with van der Waals surface area (Å²) in [5.74, 6) is 6.01. The predicted octanol–water partition coefficient (Wildman–Crippen LogP) is 6.11. The summed E-state index contributed by atoms with van der Waals surface area (Å²) in [4.78, 5) is 9.42. The van der Waals surface area contributed by atoms with E-state index < -0.39 is 8.32 Å². The zero-order valence-electron chi connectivity index (χ0n) is 23.4. The second kappa shape index (κ2) is 11.5. The number of hydrogen-bond donors (Lipinski definition) is 1. The molecule has 0 fully saturated rings. The average Bonchev–Trinajstić information content (AvgIpc) is 3.36. The highest BCUT2D eigenvalue weighted by Gasteiger charge is 2.50. The van der Waals surface area contributed by atoms with Crippen molar-refractivity contribution in [3.05, 3.63) is 120 Å². The van der Waals surface area contributed by atoms with Crippen molar-refractivity contribution >= 4 is 35.4 Å². The van der Waals surface area contributed by atoms with Crippen LogP contribution in [0.5, 0.6) is 0 Å². The second-order valence-corrected chi connectivity index (χ2v) is 15.3. The Morgan fingerprint density at radius 2 is 1.55 bits per heavy atom. The molecule has 0 unspecified atom stereocenters. The van der Waals surface area contributed by atoms with E-state index >= 15 is 0 Å². The van der Waals surface area contributed by atoms with Crippen LogP contribution in [-0.4, -0.2) is 38.5 Å². The van der Waals surface area contributed by atoms with Gasteiger partial charge in [-0.2, -0.15) is 0 Å². The highest BCUT2D eigenvalue weighted by molar-refractivity contribution is 6.99. The molecule has 0 bridgehead atoms. The van der Waals surface area contributed by atoms with Crippen LogP contribution in [0.2, 0.25) is 5.04 Å². The van der Waals surface area contributed by atoms with Crippen molar-refractivity contribution in [2.45, 2.75) is 25.8 Å². The van der Waals surface area contributed by atoms with Crippen molar-refractivity contribution in [1.29, 1.82) is 0 Å². The maximum absolute atomic E-state index is 13.5. The van der Waals surface area contributed by atoms with Crippen LogP contribution in [0.25, 0.3) is 11.0 Å². The van der Waals surface area contributed by atoms with Gasteiger partial charge >= 0.3 is 0 Å². The Morgan fingerprint density at radius 1 is 0.875 bits per heavy atom. The largest absolute Gasteiger partial charge is 0.406 e. The van der Waals surface area contributed by atoms with E-state index in [9.17, 15) is 4.39 Å². The molecule has 2 aromatic heterocycles. The van der Waals surface area contributed by atoms with Crippen LogP contribution in [0.15, 0.2) is 103 Å². The van der Waals surface area contributed by atoms with E-state index in [1.807, 2.05) is 18.2 Å². The fraction of sp³-hybridized carbons (Fsp3) is 0.206. The summed E-state index contributed by atoms with van der Waals surface area (Å²) in [6.45, 7) is 8.22. The number of aromatic amines is 1. The first-order valence-electron chi connectivity index (χ1n) is 13.5. The molecule has 0 aliphatic heterocycles. The first kappa shape index (κ1) is 27.4. The number of benzene rings is 3. The van der Waals surface area contributed by atoms with Crippen molar-refractivity contribution in [1.82, 2.24) is 9.97 Å². The number of hydrogen-bond acceptors (Lipinski definition) is 3. The molecule has 5 aromatic rings. The molecule has 5 rings (SSSR count). The van der Waals surface area contributed by atoms with Crippen molar-refractivity contribution < 1.29 is 8.82 Å². The van der Waals surface area contributed by atoms with Crippen LogP contribution in [0, 0.1) is 17.7 Å². The number of H-pyrrole nitrogens is 1. The smallest absolute Gasteiger partial charge is 0.261 e. The highest BCUT2D eigenvalue weighted by Crippen LogP contribution is 2.36. The van der Waals surface area contributed by atoms with Crippen LogP contribution in [0.4, 0.5) is 10.1 Å². The molecule has 0 saturated carbocycles. The van der Waals surface area contributed by atoms with Crippen molar-refractivity contribution in [2.24, 2.45) is 0 Å². The minimum absolute atomic E-state index is 0.0618. The first-order chi connectivity index (χ1) is 19.3. The van der Waals surface area contributed by atoms with Gasteiger partial charge < -0.3 is 14.3 Å². The summed E-state index contributed by atoms with van der Waals surface area (Å²) in [6.07, 6.45) is 1.20. The summed E-state index contributed by atoms with van der Waals surface area (Å²) in [6, 6.07) is 32.9. The highest BCUT2D eigenvalue weighted by atomic mass is 28.4. The van der Waals surface area contributed by atoms with Gasteiger partial charge in [-0.1, -0.05) is 93.4 Å². The topological polar surface area (TPSA) is 41.1 Å². The number of fused-ring (bicyclic) bond motifs is 1. The van der Waals surface area contributed by atoms with Crippen LogP contribution < -0.4 is 15.3 Å². The fourth-order valence-corrected chi connectivity index (χ4v) is 9.80. The fourth-order valence-electron chi connectivity index (χ4n) is 5.24. The van der Waals surface area contributed by atoms with Crippen molar-refractivity contribution in [3.8, 4) is 11.8 Å². The third kappa shape index (κ3) is 5.72. The van der Waals surface area contributed by atoms with Gasteiger partial charge in [-0.3, -0.25) is 0 Å². The van der Waals surface area contributed by atoms with E-state index in [2.05, 4.69) is 127 Å². The molecule has 0 radical (unpaired) electrons. The number of nitrogens with zero attached hydrogens (tertiary/aromatic N) is 2. The van der Waals surface area contributed by atoms with Crippen molar-refractivity contribution in [2.75, 3.05) is 25.1 Å². The molecule has 1 N–H and O–H groups in total. The van der Waals surface area contributed by atoms with Gasteiger partial charge in [0.05, 0.1) is 18.5 Å². The number of anilines is 1. The van der Waals surface area contributed by atoms with Gasteiger partial charge in [-0.25, -0.2) is 9.37 Å². The minimum Gasteiger partial charge on any atom is -0.406 e. The Bertz CT molecular complexity index is 1610. The molecule has 2 heterocycles. The first-order valence-corrected chi connectivity index (χ1v) is 15.4. The van der Waals surface area contributed by atoms with Crippen LogP contribution in [0.3, 0.4) is 0 Å². The molecular weight excluding hydrogens is 513 g/mol. The Hall–Kier alpha value is -4.18. The summed E-state index contributed by atoms with van der Waals surface area (Å²) >= 11 is 0. The lowest BCUT2D eigenvalue weighted by molar-refractivity contribution is 0.306. The Morgan fingerprint density at radius 3 is 2.20 bits per heavy atom. The molecule has 3 aromatic carbocycles. The molecular formula is C34H34FN3OSi. The summed E-state index contributed by atoms with van der Waals surface area (Å²) in [7, 11) is -0.495. The third-order valence-electron chi connectivity index (χ3n) is 7.23. The van der Waals surface area contributed by atoms with E-state index in [1.165, 1.54) is 22.6 Å². The Balaban J connectivity index is 1.34. The summed E-state index contributed by atoms with van der Waals surface area (Å²) in [5, 5.41) is 3.21. The zero-order chi connectivity index (χ0) is 28.2. The van der Waals surface area contributed by atoms with Gasteiger partial charge in [0.15, 0.2) is 0 Å². The molecule has 0 aliphatic carbocycles. The van der Waals surface area contributed by atoms with E-state index in [-0.39, 0.29) is 10.9 Å². The molecule has 0 aliphatic rings. The van der Waals surface area contributed by atoms with Gasteiger partial charge in [-0.05, 0) is 51.7 Å². The lowest BCUT2D eigenvalue weighted by atomic mass is 10.2. The van der Waals surface area contributed by atoms with E-state index in [1.54, 1.807) is 0 Å². The molecule has 0 atom stereocenters. The van der Waals surface area contributed by atoms with Gasteiger partial charge in [0.25, 0.3) is 8.32 Å². The number of halogens is 1. The number of rotatable bonds is 7. The van der Waals surface area contributed by atoms with Crippen molar-refractivity contribution in [3.63, 3.8) is 0 Å².